The van der Waals surface area contributed by atoms with Crippen LogP contribution in [0.3, 0.4) is 0 Å². The number of nitrogens with zero attached hydrogens (tertiary/aromatic N) is 2. The molecule has 3 heteroatoms. The predicted octanol–water partition coefficient (Wildman–Crippen LogP) is 16.6. The lowest BCUT2D eigenvalue weighted by Crippen LogP contribution is -2.10. The van der Waals surface area contributed by atoms with E-state index in [1.54, 1.807) is 0 Å². The molecular weight excluding hydrogens is 757 g/mol. The molecule has 61 heavy (non-hydrogen) atoms. The average molecular weight is 797 g/mol. The number of anilines is 3. The van der Waals surface area contributed by atoms with Gasteiger partial charge in [-0.25, -0.2) is 0 Å². The molecule has 0 saturated carbocycles. The molecule has 11 aromatic rings. The molecule has 1 aliphatic carbocycles. The van der Waals surface area contributed by atoms with Crippen molar-refractivity contribution in [2.45, 2.75) is 12.8 Å². The summed E-state index contributed by atoms with van der Waals surface area (Å²) < 4.78 is 3.71. The Bertz CT molecular complexity index is 3450. The van der Waals surface area contributed by atoms with Crippen molar-refractivity contribution < 1.29 is 0 Å². The van der Waals surface area contributed by atoms with Crippen molar-refractivity contribution in [2.75, 3.05) is 4.90 Å². The number of fused-ring (bicyclic) bond motifs is 7. The van der Waals surface area contributed by atoms with E-state index >= 15 is 0 Å². The van der Waals surface area contributed by atoms with E-state index in [4.69, 9.17) is 0 Å². The molecule has 12 rings (SSSR count). The van der Waals surface area contributed by atoms with Crippen molar-refractivity contribution in [3.63, 3.8) is 0 Å². The van der Waals surface area contributed by atoms with E-state index in [1.807, 2.05) is 11.3 Å². The third-order valence-electron chi connectivity index (χ3n) is 12.5. The highest BCUT2D eigenvalue weighted by atomic mass is 32.1. The Morgan fingerprint density at radius 3 is 1.74 bits per heavy atom. The second-order valence-electron chi connectivity index (χ2n) is 16.0. The molecule has 2 heterocycles. The quantitative estimate of drug-likeness (QED) is 0.156. The van der Waals surface area contributed by atoms with Crippen molar-refractivity contribution in [1.29, 1.82) is 0 Å². The lowest BCUT2D eigenvalue weighted by molar-refractivity contribution is 1.01. The maximum atomic E-state index is 2.44. The molecule has 2 nitrogen and oxygen atoms in total. The molecule has 0 N–H and O–H groups in total. The maximum absolute atomic E-state index is 2.44. The summed E-state index contributed by atoms with van der Waals surface area (Å²) in [5.74, 6) is 0. The van der Waals surface area contributed by atoms with Gasteiger partial charge < -0.3 is 9.47 Å². The second kappa shape index (κ2) is 14.7. The van der Waals surface area contributed by atoms with Gasteiger partial charge in [-0.1, -0.05) is 152 Å². The molecule has 288 valence electrons. The van der Waals surface area contributed by atoms with E-state index in [0.29, 0.717) is 0 Å². The van der Waals surface area contributed by atoms with Gasteiger partial charge in [0.2, 0.25) is 0 Å². The molecule has 0 fully saturated rings. The van der Waals surface area contributed by atoms with Gasteiger partial charge in [-0.15, -0.1) is 11.3 Å². The van der Waals surface area contributed by atoms with Crippen LogP contribution in [-0.4, -0.2) is 4.57 Å². The minimum atomic E-state index is 1.09. The Labute approximate surface area is 359 Å². The van der Waals surface area contributed by atoms with E-state index < -0.39 is 0 Å². The lowest BCUT2D eigenvalue weighted by Gasteiger charge is -2.26. The Morgan fingerprint density at radius 1 is 0.426 bits per heavy atom. The summed E-state index contributed by atoms with van der Waals surface area (Å²) in [4.78, 5) is 3.83. The summed E-state index contributed by atoms with van der Waals surface area (Å²) in [6.07, 6.45) is 6.83. The molecule has 0 amide bonds. The molecule has 0 aliphatic heterocycles. The molecule has 9 aromatic carbocycles. The Balaban J connectivity index is 0.953. The molecule has 0 atom stereocenters. The number of hydrogen-bond donors (Lipinski definition) is 0. The van der Waals surface area contributed by atoms with Crippen LogP contribution < -0.4 is 4.90 Å². The van der Waals surface area contributed by atoms with Crippen LogP contribution in [0, 0.1) is 0 Å². The third-order valence-corrected chi connectivity index (χ3v) is 13.7. The van der Waals surface area contributed by atoms with E-state index in [1.165, 1.54) is 97.9 Å². The van der Waals surface area contributed by atoms with Crippen LogP contribution in [0.5, 0.6) is 0 Å². The van der Waals surface area contributed by atoms with Crippen molar-refractivity contribution in [1.82, 2.24) is 4.57 Å². The second-order valence-corrected chi connectivity index (χ2v) is 17.0. The topological polar surface area (TPSA) is 8.17 Å². The first kappa shape index (κ1) is 35.5. The minimum Gasteiger partial charge on any atom is -0.309 e. The molecule has 2 aromatic heterocycles. The predicted molar refractivity (Wildman–Crippen MR) is 262 cm³/mol. The molecule has 0 saturated heterocycles. The van der Waals surface area contributed by atoms with Gasteiger partial charge in [-0.05, 0) is 135 Å². The van der Waals surface area contributed by atoms with Crippen LogP contribution in [-0.2, 0) is 6.42 Å². The molecule has 0 bridgehead atoms. The van der Waals surface area contributed by atoms with Crippen molar-refractivity contribution in [3.05, 3.63) is 223 Å². The zero-order valence-electron chi connectivity index (χ0n) is 33.5. The highest BCUT2D eigenvalue weighted by Crippen LogP contribution is 2.46. The first-order chi connectivity index (χ1) is 30.3. The van der Waals surface area contributed by atoms with Crippen LogP contribution >= 0.6 is 11.3 Å². The van der Waals surface area contributed by atoms with E-state index in [-0.39, 0.29) is 0 Å². The standard InChI is InChI=1S/C58H40N2S/c1-3-14-39(15-4-1)40-26-31-44(32-27-40)59(56-24-13-22-52-51-21-10-12-25-57(51)61-58(52)56)45-33-28-41(29-34-45)46-35-36-47(49-19-8-7-18-48(46)49)42-30-37-55-53(38-42)50-20-9-11-23-54(50)60(55)43-16-5-2-6-17-43/h1-9,11-20,22-38H,10,21H2. The number of rotatable bonds is 7. The zero-order valence-corrected chi connectivity index (χ0v) is 34.3. The first-order valence-corrected chi connectivity index (χ1v) is 22.0. The van der Waals surface area contributed by atoms with Crippen LogP contribution in [0.15, 0.2) is 212 Å². The van der Waals surface area contributed by atoms with Gasteiger partial charge in [0, 0.05) is 32.7 Å². The van der Waals surface area contributed by atoms with Crippen LogP contribution in [0.25, 0.3) is 87.8 Å². The normalized spacial score (nSPS) is 12.4. The maximum Gasteiger partial charge on any atom is 0.0640 e. The molecule has 0 radical (unpaired) electrons. The van der Waals surface area contributed by atoms with E-state index in [0.717, 1.165) is 24.2 Å². The van der Waals surface area contributed by atoms with Gasteiger partial charge in [0.1, 0.15) is 0 Å². The van der Waals surface area contributed by atoms with Gasteiger partial charge >= 0.3 is 0 Å². The largest absolute Gasteiger partial charge is 0.309 e. The monoisotopic (exact) mass is 796 g/mol. The Kier molecular flexibility index (Phi) is 8.53. The highest BCUT2D eigenvalue weighted by molar-refractivity contribution is 7.20. The van der Waals surface area contributed by atoms with Gasteiger partial charge in [-0.3, -0.25) is 0 Å². The average Bonchev–Trinajstić information content (AvgIpc) is 3.88. The fraction of sp³-hybridized carbons (Fsp3) is 0.0345. The molecular formula is C58H40N2S. The number of thiophene rings is 1. The third kappa shape index (κ3) is 6.00. The Morgan fingerprint density at radius 2 is 1.00 bits per heavy atom. The summed E-state index contributed by atoms with van der Waals surface area (Å²) in [5, 5.41) is 6.39. The first-order valence-electron chi connectivity index (χ1n) is 21.1. The van der Waals surface area contributed by atoms with Crippen molar-refractivity contribution in [3.8, 4) is 39.1 Å². The zero-order chi connectivity index (χ0) is 40.3. The van der Waals surface area contributed by atoms with Crippen molar-refractivity contribution >= 4 is 77.1 Å². The Hall–Kier alpha value is -7.46. The number of benzene rings is 9. The summed E-state index contributed by atoms with van der Waals surface area (Å²) >= 11 is 1.92. The minimum absolute atomic E-state index is 1.09. The highest BCUT2D eigenvalue weighted by Gasteiger charge is 2.21. The fourth-order valence-corrected chi connectivity index (χ4v) is 10.9. The summed E-state index contributed by atoms with van der Waals surface area (Å²) in [5.41, 5.74) is 15.9. The molecule has 1 aliphatic rings. The van der Waals surface area contributed by atoms with Crippen LogP contribution in [0.4, 0.5) is 17.1 Å². The lowest BCUT2D eigenvalue weighted by atomic mass is 9.91. The summed E-state index contributed by atoms with van der Waals surface area (Å²) in [7, 11) is 0. The van der Waals surface area contributed by atoms with E-state index in [9.17, 15) is 0 Å². The van der Waals surface area contributed by atoms with Gasteiger partial charge in [-0.2, -0.15) is 0 Å². The van der Waals surface area contributed by atoms with Gasteiger partial charge in [0.15, 0.2) is 0 Å². The molecule has 0 unspecified atom stereocenters. The number of aromatic nitrogens is 1. The van der Waals surface area contributed by atoms with E-state index in [2.05, 4.69) is 228 Å². The summed E-state index contributed by atoms with van der Waals surface area (Å²) in [6.45, 7) is 0. The number of para-hydroxylation sites is 2. The van der Waals surface area contributed by atoms with Crippen molar-refractivity contribution in [2.24, 2.45) is 0 Å². The van der Waals surface area contributed by atoms with Crippen LogP contribution in [0.1, 0.15) is 16.9 Å². The fourth-order valence-electron chi connectivity index (χ4n) is 9.61. The smallest absolute Gasteiger partial charge is 0.0640 e. The summed E-state index contributed by atoms with van der Waals surface area (Å²) in [6, 6.07) is 75.6. The van der Waals surface area contributed by atoms with Gasteiger partial charge in [0.05, 0.1) is 21.4 Å². The molecule has 0 spiro atoms. The number of aryl methyl sites for hydroxylation is 1. The number of allylic oxidation sites excluding steroid dienone is 1. The van der Waals surface area contributed by atoms with Gasteiger partial charge in [0.25, 0.3) is 0 Å². The SMILES string of the molecule is C1=Cc2sc3c(N(c4ccc(-c5ccccc5)cc4)c4ccc(-c5ccc(-c6ccc7c(c6)c6ccccc6n7-c6ccccc6)c6ccccc56)cc4)cccc3c2CC1. The number of hydrogen-bond acceptors (Lipinski definition) is 2. The van der Waals surface area contributed by atoms with Crippen LogP contribution in [0.2, 0.25) is 0 Å².